The number of hydrogen-bond acceptors (Lipinski definition) is 3. The first kappa shape index (κ1) is 21.7. The van der Waals surface area contributed by atoms with Crippen LogP contribution < -0.4 is 15.5 Å². The van der Waals surface area contributed by atoms with Gasteiger partial charge in [-0.25, -0.2) is 4.79 Å². The van der Waals surface area contributed by atoms with Crippen molar-refractivity contribution in [2.24, 2.45) is 5.92 Å². The zero-order chi connectivity index (χ0) is 21.3. The molecule has 3 rings (SSSR count). The molecule has 6 heteroatoms. The van der Waals surface area contributed by atoms with Crippen LogP contribution in [0.25, 0.3) is 0 Å². The molecule has 6 nitrogen and oxygen atoms in total. The summed E-state index contributed by atoms with van der Waals surface area (Å²) in [7, 11) is 4.02. The fourth-order valence-electron chi connectivity index (χ4n) is 3.75. The van der Waals surface area contributed by atoms with Gasteiger partial charge in [-0.3, -0.25) is 4.79 Å². The number of benzene rings is 2. The monoisotopic (exact) mass is 408 g/mol. The summed E-state index contributed by atoms with van der Waals surface area (Å²) in [6, 6.07) is 17.6. The number of urea groups is 1. The zero-order valence-corrected chi connectivity index (χ0v) is 17.9. The van der Waals surface area contributed by atoms with E-state index in [4.69, 9.17) is 0 Å². The predicted octanol–water partition coefficient (Wildman–Crippen LogP) is 4.09. The van der Waals surface area contributed by atoms with Crippen LogP contribution in [0.4, 0.5) is 16.2 Å². The van der Waals surface area contributed by atoms with Gasteiger partial charge in [0, 0.05) is 51.5 Å². The minimum Gasteiger partial charge on any atom is -0.378 e. The molecule has 0 aromatic heterocycles. The maximum atomic E-state index is 12.5. The van der Waals surface area contributed by atoms with E-state index in [0.717, 1.165) is 42.7 Å². The van der Waals surface area contributed by atoms with E-state index in [1.807, 2.05) is 61.5 Å². The highest BCUT2D eigenvalue weighted by atomic mass is 16.2. The first-order valence-electron chi connectivity index (χ1n) is 10.6. The average molecular weight is 409 g/mol. The number of nitrogens with one attached hydrogen (secondary N) is 2. The molecule has 0 radical (unpaired) electrons. The smallest absolute Gasteiger partial charge is 0.321 e. The van der Waals surface area contributed by atoms with Crippen LogP contribution in [0.15, 0.2) is 54.6 Å². The number of carbonyl (C=O) groups excluding carboxylic acids is 2. The molecule has 0 bridgehead atoms. The molecule has 1 saturated heterocycles. The lowest BCUT2D eigenvalue weighted by atomic mass is 9.93. The van der Waals surface area contributed by atoms with Crippen LogP contribution in [-0.2, 0) is 11.3 Å². The number of rotatable bonds is 7. The Balaban J connectivity index is 1.39. The van der Waals surface area contributed by atoms with Gasteiger partial charge >= 0.3 is 6.03 Å². The van der Waals surface area contributed by atoms with Gasteiger partial charge in [-0.05, 0) is 55.0 Å². The second-order valence-electron chi connectivity index (χ2n) is 8.13. The van der Waals surface area contributed by atoms with Crippen LogP contribution in [0.1, 0.15) is 31.2 Å². The highest BCUT2D eigenvalue weighted by molar-refractivity contribution is 5.89. The third-order valence-corrected chi connectivity index (χ3v) is 5.55. The molecule has 1 aliphatic heterocycles. The third-order valence-electron chi connectivity index (χ3n) is 5.55. The molecular weight excluding hydrogens is 376 g/mol. The summed E-state index contributed by atoms with van der Waals surface area (Å²) in [5.41, 5.74) is 3.04. The van der Waals surface area contributed by atoms with E-state index in [1.165, 1.54) is 0 Å². The lowest BCUT2D eigenvalue weighted by Crippen LogP contribution is -2.42. The van der Waals surface area contributed by atoms with Gasteiger partial charge in [-0.15, -0.1) is 0 Å². The largest absolute Gasteiger partial charge is 0.378 e. The molecule has 0 saturated carbocycles. The Kier molecular flexibility index (Phi) is 7.71. The van der Waals surface area contributed by atoms with Crippen molar-refractivity contribution < 1.29 is 9.59 Å². The minimum absolute atomic E-state index is 0.0588. The Morgan fingerprint density at radius 3 is 2.50 bits per heavy atom. The second kappa shape index (κ2) is 10.7. The summed E-state index contributed by atoms with van der Waals surface area (Å²) in [4.78, 5) is 28.7. The average Bonchev–Trinajstić information content (AvgIpc) is 2.77. The van der Waals surface area contributed by atoms with Crippen molar-refractivity contribution in [1.29, 1.82) is 0 Å². The van der Waals surface area contributed by atoms with Gasteiger partial charge < -0.3 is 20.4 Å². The van der Waals surface area contributed by atoms with E-state index < -0.39 is 0 Å². The molecule has 0 spiro atoms. The Morgan fingerprint density at radius 2 is 1.80 bits per heavy atom. The molecule has 2 aromatic rings. The van der Waals surface area contributed by atoms with E-state index in [2.05, 4.69) is 27.7 Å². The van der Waals surface area contributed by atoms with Crippen LogP contribution in [0, 0.1) is 5.92 Å². The number of hydrogen-bond donors (Lipinski definition) is 2. The van der Waals surface area contributed by atoms with Gasteiger partial charge in [0.1, 0.15) is 0 Å². The summed E-state index contributed by atoms with van der Waals surface area (Å²) in [5, 5.41) is 5.96. The summed E-state index contributed by atoms with van der Waals surface area (Å²) in [5.74, 6) is 0.433. The summed E-state index contributed by atoms with van der Waals surface area (Å²) in [6.07, 6.45) is 3.34. The van der Waals surface area contributed by atoms with Crippen molar-refractivity contribution in [1.82, 2.24) is 10.2 Å². The maximum absolute atomic E-state index is 12.5. The number of nitrogens with zero attached hydrogens (tertiary/aromatic N) is 2. The standard InChI is InChI=1S/C24H32N4O2/c1-27(2)22-13-10-19(11-14-22)17-25-23(29)15-12-20-7-6-16-28(18-20)24(30)26-21-8-4-3-5-9-21/h3-5,8-11,13-14,20H,6-7,12,15-18H2,1-2H3,(H,25,29)(H,26,30). The molecule has 1 fully saturated rings. The number of amides is 3. The first-order chi connectivity index (χ1) is 14.5. The summed E-state index contributed by atoms with van der Waals surface area (Å²) in [6.45, 7) is 2.02. The first-order valence-corrected chi connectivity index (χ1v) is 10.6. The van der Waals surface area contributed by atoms with Gasteiger partial charge in [-0.2, -0.15) is 0 Å². The van der Waals surface area contributed by atoms with Gasteiger partial charge in [0.25, 0.3) is 0 Å². The molecular formula is C24H32N4O2. The van der Waals surface area contributed by atoms with Crippen LogP contribution in [0.5, 0.6) is 0 Å². The third kappa shape index (κ3) is 6.51. The number of para-hydroxylation sites is 1. The van der Waals surface area contributed by atoms with Crippen LogP contribution >= 0.6 is 0 Å². The number of likely N-dealkylation sites (tertiary alicyclic amines) is 1. The fourth-order valence-corrected chi connectivity index (χ4v) is 3.75. The molecule has 1 aliphatic rings. The maximum Gasteiger partial charge on any atom is 0.321 e. The van der Waals surface area contributed by atoms with Crippen molar-refractivity contribution in [3.63, 3.8) is 0 Å². The van der Waals surface area contributed by atoms with E-state index in [0.29, 0.717) is 25.4 Å². The molecule has 0 aliphatic carbocycles. The highest BCUT2D eigenvalue weighted by Gasteiger charge is 2.24. The SMILES string of the molecule is CN(C)c1ccc(CNC(=O)CCC2CCCN(C(=O)Nc3ccccc3)C2)cc1. The molecule has 2 N–H and O–H groups in total. The summed E-state index contributed by atoms with van der Waals surface area (Å²) >= 11 is 0. The lowest BCUT2D eigenvalue weighted by molar-refractivity contribution is -0.121. The molecule has 3 amide bonds. The van der Waals surface area contributed by atoms with Gasteiger partial charge in [0.2, 0.25) is 5.91 Å². The highest BCUT2D eigenvalue weighted by Crippen LogP contribution is 2.22. The fraction of sp³-hybridized carbons (Fsp3) is 0.417. The summed E-state index contributed by atoms with van der Waals surface area (Å²) < 4.78 is 0. The van der Waals surface area contributed by atoms with Gasteiger partial charge in [0.05, 0.1) is 0 Å². The Hall–Kier alpha value is -3.02. The molecule has 1 unspecified atom stereocenters. The van der Waals surface area contributed by atoms with Crippen molar-refractivity contribution >= 4 is 23.3 Å². The van der Waals surface area contributed by atoms with Crippen molar-refractivity contribution in [3.8, 4) is 0 Å². The van der Waals surface area contributed by atoms with Crippen molar-refractivity contribution in [2.75, 3.05) is 37.4 Å². The quantitative estimate of drug-likeness (QED) is 0.725. The normalized spacial score (nSPS) is 16.1. The van der Waals surface area contributed by atoms with Crippen molar-refractivity contribution in [2.45, 2.75) is 32.2 Å². The second-order valence-corrected chi connectivity index (χ2v) is 8.13. The Morgan fingerprint density at radius 1 is 1.07 bits per heavy atom. The molecule has 1 atom stereocenters. The molecule has 1 heterocycles. The minimum atomic E-state index is -0.0588. The molecule has 2 aromatic carbocycles. The Bertz CT molecular complexity index is 821. The van der Waals surface area contributed by atoms with Crippen LogP contribution in [0.3, 0.4) is 0 Å². The lowest BCUT2D eigenvalue weighted by Gasteiger charge is -2.32. The van der Waals surface area contributed by atoms with Crippen LogP contribution in [0.2, 0.25) is 0 Å². The number of carbonyl (C=O) groups is 2. The van der Waals surface area contributed by atoms with E-state index in [9.17, 15) is 9.59 Å². The topological polar surface area (TPSA) is 64.7 Å². The van der Waals surface area contributed by atoms with Gasteiger partial charge in [-0.1, -0.05) is 30.3 Å². The van der Waals surface area contributed by atoms with Crippen molar-refractivity contribution in [3.05, 3.63) is 60.2 Å². The molecule has 30 heavy (non-hydrogen) atoms. The number of piperidine rings is 1. The van der Waals surface area contributed by atoms with E-state index in [-0.39, 0.29) is 11.9 Å². The van der Waals surface area contributed by atoms with Gasteiger partial charge in [0.15, 0.2) is 0 Å². The predicted molar refractivity (Wildman–Crippen MR) is 122 cm³/mol. The van der Waals surface area contributed by atoms with E-state index in [1.54, 1.807) is 0 Å². The Labute approximate surface area is 179 Å². The molecule has 160 valence electrons. The number of anilines is 2. The van der Waals surface area contributed by atoms with Crippen LogP contribution in [-0.4, -0.2) is 44.0 Å². The van der Waals surface area contributed by atoms with E-state index >= 15 is 0 Å². The zero-order valence-electron chi connectivity index (χ0n) is 17.9.